The summed E-state index contributed by atoms with van der Waals surface area (Å²) >= 11 is 0. The van der Waals surface area contributed by atoms with Crippen LogP contribution in [0.3, 0.4) is 0 Å². The monoisotopic (exact) mass is 469 g/mol. The van der Waals surface area contributed by atoms with Crippen molar-refractivity contribution in [3.63, 3.8) is 0 Å². The van der Waals surface area contributed by atoms with Crippen LogP contribution >= 0.6 is 0 Å². The van der Waals surface area contributed by atoms with Gasteiger partial charge in [0.25, 0.3) is 5.91 Å². The predicted octanol–water partition coefficient (Wildman–Crippen LogP) is 2.12. The zero-order chi connectivity index (χ0) is 23.6. The van der Waals surface area contributed by atoms with Gasteiger partial charge in [0.05, 0.1) is 22.8 Å². The van der Waals surface area contributed by atoms with Crippen LogP contribution in [0, 0.1) is 6.92 Å². The number of methoxy groups -OCH3 is 1. The van der Waals surface area contributed by atoms with Crippen molar-refractivity contribution in [1.29, 1.82) is 0 Å². The predicted molar refractivity (Wildman–Crippen MR) is 121 cm³/mol. The maximum atomic E-state index is 13.0. The quantitative estimate of drug-likeness (QED) is 0.484. The molecule has 2 heterocycles. The van der Waals surface area contributed by atoms with Gasteiger partial charge in [-0.2, -0.15) is 0 Å². The average molecular weight is 470 g/mol. The summed E-state index contributed by atoms with van der Waals surface area (Å²) in [5, 5.41) is 5.43. The fourth-order valence-corrected chi connectivity index (χ4v) is 5.50. The molecule has 172 valence electrons. The molecule has 1 aliphatic heterocycles. The number of rotatable bonds is 8. The van der Waals surface area contributed by atoms with E-state index in [1.807, 2.05) is 37.3 Å². The number of fused-ring (bicyclic) bond motifs is 1. The van der Waals surface area contributed by atoms with Crippen molar-refractivity contribution in [2.75, 3.05) is 19.5 Å². The summed E-state index contributed by atoms with van der Waals surface area (Å²) in [6.07, 6.45) is 0. The highest BCUT2D eigenvalue weighted by atomic mass is 32.2. The molecule has 0 spiro atoms. The van der Waals surface area contributed by atoms with Gasteiger partial charge >= 0.3 is 6.03 Å². The van der Waals surface area contributed by atoms with Crippen LogP contribution < -0.4 is 15.4 Å². The van der Waals surface area contributed by atoms with E-state index in [4.69, 9.17) is 9.47 Å². The Balaban J connectivity index is 1.50. The van der Waals surface area contributed by atoms with Crippen molar-refractivity contribution < 1.29 is 27.5 Å². The van der Waals surface area contributed by atoms with Gasteiger partial charge in [-0.1, -0.05) is 18.2 Å². The van der Waals surface area contributed by atoms with Gasteiger partial charge in [0.1, 0.15) is 12.4 Å². The Morgan fingerprint density at radius 3 is 2.45 bits per heavy atom. The molecule has 1 saturated heterocycles. The number of nitrogens with zero attached hydrogens (tertiary/aromatic N) is 1. The first-order chi connectivity index (χ1) is 15.7. The van der Waals surface area contributed by atoms with E-state index in [-0.39, 0.29) is 11.5 Å². The van der Waals surface area contributed by atoms with Crippen molar-refractivity contribution in [2.24, 2.45) is 0 Å². The number of hydrogen-bond acceptors (Lipinski definition) is 7. The van der Waals surface area contributed by atoms with Gasteiger partial charge in [0, 0.05) is 23.8 Å². The maximum Gasteiger partial charge on any atom is 0.322 e. The molecule has 2 N–H and O–H groups in total. The molecular weight excluding hydrogens is 446 g/mol. The second-order valence-electron chi connectivity index (χ2n) is 7.88. The summed E-state index contributed by atoms with van der Waals surface area (Å²) in [6.45, 7) is 1.93. The SMILES string of the molecule is COCC1(CS(=O)(=O)c2ccc(OCc3cc(C)nc4ccccc34)cc2)NC(=O)NC1=O. The van der Waals surface area contributed by atoms with E-state index < -0.39 is 33.1 Å². The lowest BCUT2D eigenvalue weighted by Gasteiger charge is -2.24. The number of benzene rings is 2. The van der Waals surface area contributed by atoms with Gasteiger partial charge in [0.2, 0.25) is 0 Å². The number of para-hydroxylation sites is 1. The number of carbonyl (C=O) groups excluding carboxylic acids is 2. The van der Waals surface area contributed by atoms with Crippen molar-refractivity contribution >= 4 is 32.7 Å². The summed E-state index contributed by atoms with van der Waals surface area (Å²) in [6, 6.07) is 14.9. The van der Waals surface area contributed by atoms with Crippen molar-refractivity contribution in [1.82, 2.24) is 15.6 Å². The molecule has 3 aromatic rings. The minimum absolute atomic E-state index is 0.00415. The number of aromatic nitrogens is 1. The number of amides is 3. The van der Waals surface area contributed by atoms with Gasteiger partial charge in [-0.15, -0.1) is 0 Å². The normalized spacial score (nSPS) is 18.2. The molecule has 1 aromatic heterocycles. The number of hydrogen-bond donors (Lipinski definition) is 2. The van der Waals surface area contributed by atoms with Crippen LogP contribution in [0.5, 0.6) is 5.75 Å². The number of sulfone groups is 1. The number of carbonyl (C=O) groups is 2. The summed E-state index contributed by atoms with van der Waals surface area (Å²) in [7, 11) is -2.59. The lowest BCUT2D eigenvalue weighted by molar-refractivity contribution is -0.124. The molecule has 9 nitrogen and oxygen atoms in total. The van der Waals surface area contributed by atoms with Gasteiger partial charge in [0.15, 0.2) is 15.4 Å². The van der Waals surface area contributed by atoms with E-state index in [0.29, 0.717) is 12.4 Å². The van der Waals surface area contributed by atoms with E-state index in [9.17, 15) is 18.0 Å². The van der Waals surface area contributed by atoms with Crippen LogP contribution in [-0.4, -0.2) is 50.3 Å². The Bertz CT molecular complexity index is 1320. The van der Waals surface area contributed by atoms with Crippen LogP contribution in [0.2, 0.25) is 0 Å². The fraction of sp³-hybridized carbons (Fsp3) is 0.261. The Hall–Kier alpha value is -3.50. The van der Waals surface area contributed by atoms with Crippen LogP contribution in [0.4, 0.5) is 4.79 Å². The standard InChI is InChI=1S/C23H23N3O6S/c1-15-11-16(19-5-3-4-6-20(19)24-15)12-32-17-7-9-18(10-8-17)33(29,30)14-23(13-31-2)21(27)25-22(28)26-23/h3-11H,12-14H2,1-2H3,(H2,25,26,27,28). The van der Waals surface area contributed by atoms with Gasteiger partial charge in [-0.3, -0.25) is 15.1 Å². The van der Waals surface area contributed by atoms with Crippen LogP contribution in [0.25, 0.3) is 10.9 Å². The van der Waals surface area contributed by atoms with E-state index in [1.165, 1.54) is 19.2 Å². The number of urea groups is 1. The first-order valence-corrected chi connectivity index (χ1v) is 11.8. The highest BCUT2D eigenvalue weighted by molar-refractivity contribution is 7.91. The third kappa shape index (κ3) is 4.67. The van der Waals surface area contributed by atoms with E-state index >= 15 is 0 Å². The summed E-state index contributed by atoms with van der Waals surface area (Å²) in [5.41, 5.74) is 1.05. The Morgan fingerprint density at radius 2 is 1.79 bits per heavy atom. The van der Waals surface area contributed by atoms with Crippen LogP contribution in [0.15, 0.2) is 59.5 Å². The molecule has 2 aromatic carbocycles. The minimum atomic E-state index is -3.92. The summed E-state index contributed by atoms with van der Waals surface area (Å²) in [4.78, 5) is 28.3. The lowest BCUT2D eigenvalue weighted by Crippen LogP contribution is -2.55. The molecular formula is C23H23N3O6S. The molecule has 1 atom stereocenters. The average Bonchev–Trinajstić information content (AvgIpc) is 3.04. The van der Waals surface area contributed by atoms with Crippen molar-refractivity contribution in [3.05, 3.63) is 65.9 Å². The smallest absolute Gasteiger partial charge is 0.322 e. The molecule has 1 aliphatic rings. The number of pyridine rings is 1. The Morgan fingerprint density at radius 1 is 1.06 bits per heavy atom. The molecule has 0 saturated carbocycles. The molecule has 0 bridgehead atoms. The van der Waals surface area contributed by atoms with Gasteiger partial charge in [-0.25, -0.2) is 13.2 Å². The topological polar surface area (TPSA) is 124 Å². The van der Waals surface area contributed by atoms with E-state index in [1.54, 1.807) is 12.1 Å². The summed E-state index contributed by atoms with van der Waals surface area (Å²) < 4.78 is 36.8. The van der Waals surface area contributed by atoms with E-state index in [2.05, 4.69) is 15.6 Å². The number of aryl methyl sites for hydroxylation is 1. The molecule has 1 unspecified atom stereocenters. The Labute approximate surface area is 191 Å². The highest BCUT2D eigenvalue weighted by Gasteiger charge is 2.49. The zero-order valence-electron chi connectivity index (χ0n) is 18.1. The molecule has 10 heteroatoms. The number of imide groups is 1. The maximum absolute atomic E-state index is 13.0. The highest BCUT2D eigenvalue weighted by Crippen LogP contribution is 2.24. The fourth-order valence-electron chi connectivity index (χ4n) is 3.85. The third-order valence-corrected chi connectivity index (χ3v) is 7.21. The molecule has 0 radical (unpaired) electrons. The molecule has 33 heavy (non-hydrogen) atoms. The van der Waals surface area contributed by atoms with E-state index in [0.717, 1.165) is 22.2 Å². The zero-order valence-corrected chi connectivity index (χ0v) is 18.9. The number of nitrogens with one attached hydrogen (secondary N) is 2. The van der Waals surface area contributed by atoms with Gasteiger partial charge in [-0.05, 0) is 43.3 Å². The number of ether oxygens (including phenoxy) is 2. The third-order valence-electron chi connectivity index (χ3n) is 5.35. The minimum Gasteiger partial charge on any atom is -0.489 e. The first-order valence-electron chi connectivity index (χ1n) is 10.2. The van der Waals surface area contributed by atoms with Crippen molar-refractivity contribution in [3.8, 4) is 5.75 Å². The first kappa shape index (κ1) is 22.7. The van der Waals surface area contributed by atoms with Crippen LogP contribution in [0.1, 0.15) is 11.3 Å². The molecule has 4 rings (SSSR count). The summed E-state index contributed by atoms with van der Waals surface area (Å²) in [5.74, 6) is -0.878. The lowest BCUT2D eigenvalue weighted by atomic mass is 10.1. The second kappa shape index (κ2) is 8.80. The van der Waals surface area contributed by atoms with Gasteiger partial charge < -0.3 is 14.8 Å². The second-order valence-corrected chi connectivity index (χ2v) is 9.87. The van der Waals surface area contributed by atoms with Crippen LogP contribution in [-0.2, 0) is 26.0 Å². The molecule has 0 aliphatic carbocycles. The Kier molecular flexibility index (Phi) is 6.05. The largest absolute Gasteiger partial charge is 0.489 e. The van der Waals surface area contributed by atoms with Crippen molar-refractivity contribution in [2.45, 2.75) is 24.0 Å². The molecule has 3 amide bonds. The molecule has 1 fully saturated rings.